The van der Waals surface area contributed by atoms with Crippen LogP contribution in [0.2, 0.25) is 0 Å². The molecule has 0 radical (unpaired) electrons. The Bertz CT molecular complexity index is 2770. The fraction of sp³-hybridized carbons (Fsp3) is 0.387. The lowest BCUT2D eigenvalue weighted by molar-refractivity contribution is -0.144. The Labute approximate surface area is 478 Å². The number of carbonyl (C=O) groups excluding carboxylic acids is 8. The number of carbonyl (C=O) groups is 8. The molecule has 5 aromatic carbocycles. The Morgan fingerprint density at radius 1 is 0.439 bits per heavy atom. The maximum absolute atomic E-state index is 14.8. The van der Waals surface area contributed by atoms with E-state index in [2.05, 4.69) is 42.5 Å². The average Bonchev–Trinajstić information content (AvgIpc) is 4.22. The number of fused-ring (bicyclic) bond motifs is 2. The molecule has 82 heavy (non-hydrogen) atoms. The van der Waals surface area contributed by atoms with Crippen LogP contribution in [0.4, 0.5) is 21.0 Å². The molecule has 8 atom stereocenters. The number of amides is 10. The topological polar surface area (TPSA) is 246 Å². The summed E-state index contributed by atoms with van der Waals surface area (Å²) in [5.74, 6) is -2.42. The molecule has 0 bridgehead atoms. The van der Waals surface area contributed by atoms with Crippen molar-refractivity contribution >= 4 is 58.9 Å². The summed E-state index contributed by atoms with van der Waals surface area (Å²) in [5.41, 5.74) is 4.33. The highest BCUT2D eigenvalue weighted by atomic mass is 16.2. The van der Waals surface area contributed by atoms with E-state index < -0.39 is 84.0 Å². The van der Waals surface area contributed by atoms with E-state index >= 15 is 0 Å². The van der Waals surface area contributed by atoms with Crippen LogP contribution in [0.5, 0.6) is 0 Å². The Morgan fingerprint density at radius 3 is 1.06 bits per heavy atom. The molecule has 8 N–H and O–H groups in total. The summed E-state index contributed by atoms with van der Waals surface area (Å²) in [6.45, 7) is 3.43. The maximum Gasteiger partial charge on any atom is 0.321 e. The van der Waals surface area contributed by atoms with E-state index in [9.17, 15) is 38.4 Å². The highest BCUT2D eigenvalue weighted by Gasteiger charge is 2.48. The third kappa shape index (κ3) is 13.6. The van der Waals surface area contributed by atoms with Gasteiger partial charge in [-0.15, -0.1) is 0 Å². The number of nitrogens with zero attached hydrogens (tertiary/aromatic N) is 4. The molecule has 10 amide bonds. The van der Waals surface area contributed by atoms with Gasteiger partial charge >= 0.3 is 12.1 Å². The van der Waals surface area contributed by atoms with Crippen molar-refractivity contribution in [1.29, 1.82) is 0 Å². The second-order valence-corrected chi connectivity index (χ2v) is 21.6. The van der Waals surface area contributed by atoms with Gasteiger partial charge in [0.25, 0.3) is 0 Å². The molecular weight excluding hydrogens is 1040 g/mol. The molecule has 430 valence electrons. The summed E-state index contributed by atoms with van der Waals surface area (Å²) in [4.78, 5) is 120. The van der Waals surface area contributed by atoms with Gasteiger partial charge in [-0.1, -0.05) is 121 Å². The summed E-state index contributed by atoms with van der Waals surface area (Å²) in [6, 6.07) is 37.0. The molecule has 4 aliphatic heterocycles. The van der Waals surface area contributed by atoms with Crippen LogP contribution in [0.25, 0.3) is 0 Å². The first-order valence-electron chi connectivity index (χ1n) is 28.3. The monoisotopic (exact) mass is 1110 g/mol. The molecule has 0 aromatic heterocycles. The minimum absolute atomic E-state index is 0.168. The van der Waals surface area contributed by atoms with Gasteiger partial charge in [0.05, 0.1) is 37.3 Å². The summed E-state index contributed by atoms with van der Waals surface area (Å²) >= 11 is 0. The molecule has 20 nitrogen and oxygen atoms in total. The van der Waals surface area contributed by atoms with Gasteiger partial charge in [-0.2, -0.15) is 0 Å². The van der Waals surface area contributed by atoms with Crippen molar-refractivity contribution in [3.05, 3.63) is 168 Å². The fourth-order valence-corrected chi connectivity index (χ4v) is 11.5. The summed E-state index contributed by atoms with van der Waals surface area (Å²) in [6.07, 6.45) is 2.61. The fourth-order valence-electron chi connectivity index (χ4n) is 11.5. The van der Waals surface area contributed by atoms with E-state index in [0.717, 1.165) is 22.3 Å². The Morgan fingerprint density at radius 2 is 0.756 bits per heavy atom. The first-order chi connectivity index (χ1) is 39.7. The minimum atomic E-state index is -1.17. The van der Waals surface area contributed by atoms with E-state index in [0.29, 0.717) is 49.9 Å². The predicted octanol–water partition coefficient (Wildman–Crippen LogP) is 4.88. The summed E-state index contributed by atoms with van der Waals surface area (Å²) < 4.78 is 0. The Hall–Kier alpha value is -8.62. The van der Waals surface area contributed by atoms with Crippen LogP contribution in [-0.4, -0.2) is 156 Å². The molecule has 0 aliphatic carbocycles. The van der Waals surface area contributed by atoms with Gasteiger partial charge in [0.2, 0.25) is 35.4 Å². The molecule has 4 saturated heterocycles. The maximum atomic E-state index is 14.8. The summed E-state index contributed by atoms with van der Waals surface area (Å²) in [7, 11) is 3.26. The van der Waals surface area contributed by atoms with Crippen LogP contribution >= 0.6 is 0 Å². The molecule has 20 heteroatoms. The number of likely N-dealkylation sites (N-methyl/N-ethyl adjacent to an activating group) is 2. The van der Waals surface area contributed by atoms with Gasteiger partial charge in [0.1, 0.15) is 24.2 Å². The smallest absolute Gasteiger partial charge is 0.321 e. The summed E-state index contributed by atoms with van der Waals surface area (Å²) in [5, 5.41) is 23.8. The lowest BCUT2D eigenvalue weighted by Crippen LogP contribution is -2.62. The molecule has 5 aromatic rings. The normalized spacial score (nSPS) is 21.6. The first-order valence-corrected chi connectivity index (χ1v) is 28.3. The second kappa shape index (κ2) is 26.8. The van der Waals surface area contributed by atoms with E-state index in [1.807, 2.05) is 121 Å². The first kappa shape index (κ1) is 58.0. The third-order valence-corrected chi connectivity index (χ3v) is 16.3. The molecular formula is C62H74N12O8. The zero-order valence-corrected chi connectivity index (χ0v) is 46.8. The van der Waals surface area contributed by atoms with Gasteiger partial charge in [0.15, 0.2) is 0 Å². The van der Waals surface area contributed by atoms with Crippen molar-refractivity contribution in [3.63, 3.8) is 0 Å². The number of hydrogen-bond donors (Lipinski definition) is 8. The number of nitrogens with one attached hydrogen (secondary N) is 8. The minimum Gasteiger partial charge on any atom is -0.343 e. The molecule has 4 heterocycles. The van der Waals surface area contributed by atoms with Gasteiger partial charge in [-0.25, -0.2) is 9.59 Å². The van der Waals surface area contributed by atoms with Crippen molar-refractivity contribution in [2.24, 2.45) is 0 Å². The van der Waals surface area contributed by atoms with E-state index in [1.54, 1.807) is 62.0 Å². The molecule has 0 spiro atoms. The van der Waals surface area contributed by atoms with Crippen LogP contribution in [0.3, 0.4) is 0 Å². The van der Waals surface area contributed by atoms with Crippen LogP contribution in [-0.2, 0) is 28.8 Å². The highest BCUT2D eigenvalue weighted by Crippen LogP contribution is 2.34. The molecule has 4 aliphatic rings. The Balaban J connectivity index is 0.855. The van der Waals surface area contributed by atoms with E-state index in [-0.39, 0.29) is 50.1 Å². The van der Waals surface area contributed by atoms with Crippen LogP contribution in [0.1, 0.15) is 86.7 Å². The van der Waals surface area contributed by atoms with Crippen LogP contribution < -0.4 is 42.5 Å². The van der Waals surface area contributed by atoms with E-state index in [1.165, 1.54) is 9.80 Å². The van der Waals surface area contributed by atoms with Gasteiger partial charge in [0, 0.05) is 36.5 Å². The largest absolute Gasteiger partial charge is 0.343 e. The number of hydrogen-bond acceptors (Lipinski definition) is 10. The molecule has 4 fully saturated rings. The van der Waals surface area contributed by atoms with Crippen LogP contribution in [0, 0.1) is 0 Å². The number of anilines is 2. The molecule has 9 rings (SSSR count). The average molecular weight is 1120 g/mol. The molecule has 0 saturated carbocycles. The SMILES string of the molecule is CN[C@@H](C)C(=O)N[C@H]1CN(C(=O)Nc2ccc(NC(=O)N3CCC4CC[C@@H](C(=O)NC(c5ccccc5)c5ccccc5)N4C(=O)[C@@H](NC(=O)[C@H](C)NC)C3)cc2)CCC2CC[C@@H](C(=O)NC(c3ccccc3)c3ccccc3)N2C1=O. The van der Waals surface area contributed by atoms with Crippen molar-refractivity contribution in [2.75, 3.05) is 50.9 Å². The standard InChI is InChI=1S/C62H74N12O8/c1-39(63-3)55(75)67-49-37-71(35-33-47-29-31-51(73(47)59(49)79)57(77)69-53(41-17-9-5-10-18-41)42-19-11-6-12-20-42)61(81)65-45-25-27-46(28-26-45)66-62(82)72-36-34-48-30-32-52(74(48)60(80)50(38-72)68-56(76)40(2)64-4)58(78)70-54(43-21-13-7-14-22-43)44-23-15-8-16-24-44/h5-28,39-40,47-54,63-64H,29-38H2,1-4H3,(H,65,81)(H,66,82)(H,67,75)(H,68,76)(H,69,77)(H,70,78)/t39-,40-,47?,48?,49-,50-,51-,52-/m0/s1. The predicted molar refractivity (Wildman–Crippen MR) is 311 cm³/mol. The molecule has 2 unspecified atom stereocenters. The van der Waals surface area contributed by atoms with E-state index in [4.69, 9.17) is 0 Å². The zero-order valence-electron chi connectivity index (χ0n) is 46.8. The third-order valence-electron chi connectivity index (χ3n) is 16.3. The van der Waals surface area contributed by atoms with Crippen molar-refractivity contribution in [2.45, 2.75) is 113 Å². The van der Waals surface area contributed by atoms with Crippen molar-refractivity contribution < 1.29 is 38.4 Å². The lowest BCUT2D eigenvalue weighted by Gasteiger charge is -2.39. The van der Waals surface area contributed by atoms with Crippen molar-refractivity contribution in [3.8, 4) is 0 Å². The van der Waals surface area contributed by atoms with Gasteiger partial charge in [-0.05, 0) is 113 Å². The van der Waals surface area contributed by atoms with Gasteiger partial charge < -0.3 is 62.1 Å². The number of benzene rings is 5. The van der Waals surface area contributed by atoms with Crippen molar-refractivity contribution in [1.82, 2.24) is 51.5 Å². The second-order valence-electron chi connectivity index (χ2n) is 21.6. The zero-order chi connectivity index (χ0) is 57.9. The number of urea groups is 2. The van der Waals surface area contributed by atoms with Crippen LogP contribution in [0.15, 0.2) is 146 Å². The lowest BCUT2D eigenvalue weighted by atomic mass is 9.98. The Kier molecular flexibility index (Phi) is 18.9. The number of rotatable bonds is 16. The highest BCUT2D eigenvalue weighted by molar-refractivity contribution is 5.97. The quantitative estimate of drug-likeness (QED) is 0.0666. The van der Waals surface area contributed by atoms with Gasteiger partial charge in [-0.3, -0.25) is 28.8 Å².